The van der Waals surface area contributed by atoms with Gasteiger partial charge >= 0.3 is 17.9 Å². The largest absolute Gasteiger partial charge is 0.462 e. The smallest absolute Gasteiger partial charge is 0.309 e. The Kier molecular flexibility index (Phi) is 24.5. The highest BCUT2D eigenvalue weighted by molar-refractivity contribution is 5.91. The Morgan fingerprint density at radius 1 is 0.849 bits per heavy atom. The minimum atomic E-state index is -1.52. The van der Waals surface area contributed by atoms with Gasteiger partial charge in [0.15, 0.2) is 30.8 Å². The number of ketones is 1. The fourth-order valence-corrected chi connectivity index (χ4v) is 10.5. The Balaban J connectivity index is 1.68. The minimum absolute atomic E-state index is 0.0246. The Bertz CT molecular complexity index is 1840. The number of carbonyl (C=O) groups excluding carboxylic acids is 5. The van der Waals surface area contributed by atoms with E-state index in [1.165, 1.54) is 20.3 Å². The number of nitrogens with zero attached hydrogens (tertiary/aromatic N) is 1. The quantitative estimate of drug-likeness (QED) is 0.0991. The molecule has 0 saturated carbocycles. The zero-order valence-corrected chi connectivity index (χ0v) is 45.5. The number of aliphatic hydroxyl groups is 3. The van der Waals surface area contributed by atoms with Crippen LogP contribution in [0.2, 0.25) is 0 Å². The first-order valence-corrected chi connectivity index (χ1v) is 26.1. The molecule has 0 aromatic heterocycles. The van der Waals surface area contributed by atoms with Gasteiger partial charge in [-0.1, -0.05) is 52.3 Å². The topological polar surface area (TPSA) is 251 Å². The number of hydrogen-bond acceptors (Lipinski definition) is 20. The van der Waals surface area contributed by atoms with E-state index in [2.05, 4.69) is 0 Å². The molecule has 21 atom stereocenters. The molecular weight excluding hydrogens is 955 g/mol. The van der Waals surface area contributed by atoms with Gasteiger partial charge in [-0.15, -0.1) is 0 Å². The van der Waals surface area contributed by atoms with Gasteiger partial charge in [0.05, 0.1) is 43.5 Å². The fraction of sp³-hybridized carbons (Fsp3) is 0.830. The van der Waals surface area contributed by atoms with Gasteiger partial charge in [-0.05, 0) is 80.0 Å². The highest BCUT2D eigenvalue weighted by atomic mass is 16.7. The summed E-state index contributed by atoms with van der Waals surface area (Å²) in [6.07, 6.45) is -8.02. The van der Waals surface area contributed by atoms with E-state index in [9.17, 15) is 39.3 Å². The molecule has 0 aromatic carbocycles. The minimum Gasteiger partial charge on any atom is -0.462 e. The number of esters is 3. The molecule has 3 fully saturated rings. The second-order valence-corrected chi connectivity index (χ2v) is 20.8. The average molecular weight is 1040 g/mol. The number of cyclic esters (lactones) is 1. The maximum absolute atomic E-state index is 14.3. The molecule has 3 saturated heterocycles. The van der Waals surface area contributed by atoms with Crippen LogP contribution in [-0.2, 0) is 76.1 Å². The van der Waals surface area contributed by atoms with Gasteiger partial charge in [0.25, 0.3) is 0 Å². The lowest BCUT2D eigenvalue weighted by Gasteiger charge is -2.50. The molecule has 4 aliphatic rings. The van der Waals surface area contributed by atoms with Crippen molar-refractivity contribution < 1.29 is 91.4 Å². The first-order valence-electron chi connectivity index (χ1n) is 26.1. The van der Waals surface area contributed by atoms with Gasteiger partial charge in [-0.3, -0.25) is 19.2 Å². The number of hydrogen-bond donors (Lipinski definition) is 3. The Hall–Kier alpha value is -3.25. The summed E-state index contributed by atoms with van der Waals surface area (Å²) in [4.78, 5) is 68.2. The average Bonchev–Trinajstić information content (AvgIpc) is 3.32. The van der Waals surface area contributed by atoms with Crippen molar-refractivity contribution in [2.24, 2.45) is 23.7 Å². The number of ether oxygens (including phenoxy) is 11. The van der Waals surface area contributed by atoms with E-state index in [-0.39, 0.29) is 44.5 Å². The monoisotopic (exact) mass is 1040 g/mol. The van der Waals surface area contributed by atoms with Crippen LogP contribution in [-0.4, -0.2) is 189 Å². The number of likely N-dealkylation sites (N-methyl/N-ethyl adjacent to an activating group) is 1. The highest BCUT2D eigenvalue weighted by Gasteiger charge is 2.53. The third-order valence-corrected chi connectivity index (χ3v) is 14.6. The number of carbonyl (C=O) groups is 5. The zero-order valence-electron chi connectivity index (χ0n) is 45.5. The first kappa shape index (κ1) is 62.3. The molecule has 73 heavy (non-hydrogen) atoms. The van der Waals surface area contributed by atoms with Crippen molar-refractivity contribution in [1.29, 1.82) is 0 Å². The number of aldehydes is 1. The summed E-state index contributed by atoms with van der Waals surface area (Å²) in [6, 6.07) is -0.807. The van der Waals surface area contributed by atoms with Gasteiger partial charge < -0.3 is 77.1 Å². The molecule has 4 rings (SSSR count). The fourth-order valence-electron chi connectivity index (χ4n) is 10.5. The number of rotatable bonds is 18. The SMILES string of the molecule is CCCC(=O)OC1C(C)OC(OC2C(C)OC(O[C@H]3[C@@H](CC=O)C[C@@H](C)C(=O)C=CC(C)=CC(COC4OC(C)C(O)C(OC)C4OC)[C@H](CC)OC(=O)C[C@@H](OC(=O)CC)[C@@H]3C)C(O)C2N(C)C)CC1(C)O. The summed E-state index contributed by atoms with van der Waals surface area (Å²) in [6.45, 7) is 17.2. The van der Waals surface area contributed by atoms with Gasteiger partial charge in [0, 0.05) is 57.7 Å². The Morgan fingerprint density at radius 2 is 1.52 bits per heavy atom. The van der Waals surface area contributed by atoms with E-state index >= 15 is 0 Å². The van der Waals surface area contributed by atoms with Crippen LogP contribution in [0.5, 0.6) is 0 Å². The van der Waals surface area contributed by atoms with Crippen LogP contribution < -0.4 is 0 Å². The predicted octanol–water partition coefficient (Wildman–Crippen LogP) is 4.15. The molecule has 15 unspecified atom stereocenters. The molecule has 0 spiro atoms. The van der Waals surface area contributed by atoms with Crippen molar-refractivity contribution in [1.82, 2.24) is 4.90 Å². The molecule has 4 heterocycles. The van der Waals surface area contributed by atoms with E-state index in [0.29, 0.717) is 18.4 Å². The Labute approximate surface area is 432 Å². The first-order chi connectivity index (χ1) is 34.4. The molecule has 20 heteroatoms. The molecule has 0 amide bonds. The van der Waals surface area contributed by atoms with Crippen LogP contribution >= 0.6 is 0 Å². The number of methoxy groups -OCH3 is 2. The Morgan fingerprint density at radius 3 is 2.11 bits per heavy atom. The van der Waals surface area contributed by atoms with Crippen molar-refractivity contribution in [3.8, 4) is 0 Å². The third kappa shape index (κ3) is 16.6. The van der Waals surface area contributed by atoms with E-state index < -0.39 is 152 Å². The molecule has 418 valence electrons. The second kappa shape index (κ2) is 28.8. The summed E-state index contributed by atoms with van der Waals surface area (Å²) < 4.78 is 67.4. The van der Waals surface area contributed by atoms with E-state index in [0.717, 1.165) is 6.29 Å². The van der Waals surface area contributed by atoms with Gasteiger partial charge in [-0.25, -0.2) is 0 Å². The van der Waals surface area contributed by atoms with Gasteiger partial charge in [-0.2, -0.15) is 0 Å². The zero-order chi connectivity index (χ0) is 54.5. The van der Waals surface area contributed by atoms with Gasteiger partial charge in [0.2, 0.25) is 0 Å². The van der Waals surface area contributed by atoms with E-state index in [4.69, 9.17) is 52.1 Å². The molecule has 0 aromatic rings. The maximum Gasteiger partial charge on any atom is 0.309 e. The molecular formula is C53H87NO19. The van der Waals surface area contributed by atoms with Crippen LogP contribution in [0.15, 0.2) is 23.8 Å². The summed E-state index contributed by atoms with van der Waals surface area (Å²) >= 11 is 0. The van der Waals surface area contributed by atoms with E-state index in [1.807, 2.05) is 19.9 Å². The lowest BCUT2D eigenvalue weighted by Crippen LogP contribution is -2.65. The van der Waals surface area contributed by atoms with Gasteiger partial charge in [0.1, 0.15) is 54.6 Å². The third-order valence-electron chi connectivity index (χ3n) is 14.6. The van der Waals surface area contributed by atoms with Crippen molar-refractivity contribution in [3.63, 3.8) is 0 Å². The summed E-state index contributed by atoms with van der Waals surface area (Å²) in [7, 11) is 6.42. The number of aliphatic hydroxyl groups excluding tert-OH is 2. The van der Waals surface area contributed by atoms with Crippen molar-refractivity contribution in [2.75, 3.05) is 34.9 Å². The molecule has 0 radical (unpaired) electrons. The van der Waals surface area contributed by atoms with Crippen molar-refractivity contribution in [3.05, 3.63) is 23.8 Å². The molecule has 3 N–H and O–H groups in total. The summed E-state index contributed by atoms with van der Waals surface area (Å²) in [5.74, 6) is -4.82. The normalized spacial score (nSPS) is 40.4. The summed E-state index contributed by atoms with van der Waals surface area (Å²) in [5, 5.41) is 34.5. The van der Waals surface area contributed by atoms with Crippen LogP contribution in [0.3, 0.4) is 0 Å². The molecule has 0 aliphatic carbocycles. The number of allylic oxidation sites excluding steroid dienone is 3. The molecule has 20 nitrogen and oxygen atoms in total. The van der Waals surface area contributed by atoms with Crippen LogP contribution in [0.25, 0.3) is 0 Å². The second-order valence-electron chi connectivity index (χ2n) is 20.8. The molecule has 4 aliphatic heterocycles. The van der Waals surface area contributed by atoms with Crippen molar-refractivity contribution in [2.45, 2.75) is 224 Å². The predicted molar refractivity (Wildman–Crippen MR) is 263 cm³/mol. The standard InChI is InChI=1S/C53H87NO19/c1-15-18-40(58)71-50-33(9)66-42(26-53(50,10)62)72-47-32(8)68-51(45(61)43(47)54(11)12)73-46-30(6)38(70-39(57)17-3)25-41(59)69-37(16-2)35(23-28(4)19-20-36(56)29(5)24-34(46)21-22-55)27-65-52-49(64-14)48(63-13)44(60)31(7)67-52/h19-20,22-23,29-35,37-38,42-52,60-62H,15-18,21,24-27H2,1-14H3/t29-,30+,31?,32?,33?,34+,35?,37+,38-,42?,43?,44?,45?,46-,47?,48?,49?,50?,51?,52?,53?/m1/s1. The molecule has 0 bridgehead atoms. The van der Waals surface area contributed by atoms with E-state index in [1.54, 1.807) is 80.5 Å². The lowest BCUT2D eigenvalue weighted by atomic mass is 9.79. The maximum atomic E-state index is 14.3. The summed E-state index contributed by atoms with van der Waals surface area (Å²) in [5.41, 5.74) is -0.853. The van der Waals surface area contributed by atoms with Crippen molar-refractivity contribution >= 4 is 30.0 Å². The highest BCUT2D eigenvalue weighted by Crippen LogP contribution is 2.39. The van der Waals surface area contributed by atoms with Crippen LogP contribution in [0, 0.1) is 23.7 Å². The van der Waals surface area contributed by atoms with Crippen LogP contribution in [0.1, 0.15) is 121 Å². The van der Waals surface area contributed by atoms with Crippen LogP contribution in [0.4, 0.5) is 0 Å². The lowest BCUT2D eigenvalue weighted by molar-refractivity contribution is -0.342.